The summed E-state index contributed by atoms with van der Waals surface area (Å²) in [7, 11) is 1.44. The van der Waals surface area contributed by atoms with Crippen LogP contribution in [-0.4, -0.2) is 37.7 Å². The van der Waals surface area contributed by atoms with Gasteiger partial charge in [-0.15, -0.1) is 10.2 Å². The van der Waals surface area contributed by atoms with Crippen molar-refractivity contribution in [2.24, 2.45) is 0 Å². The summed E-state index contributed by atoms with van der Waals surface area (Å²) >= 11 is 0. The predicted octanol–water partition coefficient (Wildman–Crippen LogP) is 4.28. The van der Waals surface area contributed by atoms with Gasteiger partial charge >= 0.3 is 0 Å². The van der Waals surface area contributed by atoms with E-state index in [9.17, 15) is 4.39 Å². The molecule has 7 nitrogen and oxygen atoms in total. The fourth-order valence-electron chi connectivity index (χ4n) is 4.21. The largest absolute Gasteiger partial charge is 0.494 e. The Kier molecular flexibility index (Phi) is 4.38. The van der Waals surface area contributed by atoms with E-state index < -0.39 is 5.82 Å². The molecule has 1 N–H and O–H groups in total. The average molecular weight is 390 g/mol. The Morgan fingerprint density at radius 2 is 1.97 bits per heavy atom. The minimum Gasteiger partial charge on any atom is -0.494 e. The van der Waals surface area contributed by atoms with Gasteiger partial charge in [0, 0.05) is 22.6 Å². The standard InChI is InChI=1S/C21H19FN6O/c1-29-19-10-18-16(9-17(19)22)20(24-11-23-18)13-6-7-14(21-25-27-28-26-21)15(8-13)12-4-2-3-5-12/h6-12H,2-5H2,1H3,(H,25,26,27,28). The van der Waals surface area contributed by atoms with Gasteiger partial charge in [-0.05, 0) is 41.7 Å². The van der Waals surface area contributed by atoms with Crippen molar-refractivity contribution in [1.82, 2.24) is 30.6 Å². The summed E-state index contributed by atoms with van der Waals surface area (Å²) in [6.45, 7) is 0. The third-order valence-corrected chi connectivity index (χ3v) is 5.62. The molecule has 5 rings (SSSR count). The first kappa shape index (κ1) is 17.7. The van der Waals surface area contributed by atoms with Crippen molar-refractivity contribution in [2.45, 2.75) is 31.6 Å². The molecule has 0 bridgehead atoms. The van der Waals surface area contributed by atoms with Crippen molar-refractivity contribution < 1.29 is 9.13 Å². The van der Waals surface area contributed by atoms with Crippen LogP contribution >= 0.6 is 0 Å². The van der Waals surface area contributed by atoms with Crippen LogP contribution < -0.4 is 4.74 Å². The number of rotatable bonds is 4. The molecule has 0 spiro atoms. The maximum absolute atomic E-state index is 14.4. The van der Waals surface area contributed by atoms with E-state index in [2.05, 4.69) is 36.7 Å². The Morgan fingerprint density at radius 3 is 2.72 bits per heavy atom. The lowest BCUT2D eigenvalue weighted by Gasteiger charge is -2.16. The van der Waals surface area contributed by atoms with Crippen molar-refractivity contribution >= 4 is 10.9 Å². The number of nitrogens with zero attached hydrogens (tertiary/aromatic N) is 5. The fourth-order valence-corrected chi connectivity index (χ4v) is 4.21. The van der Waals surface area contributed by atoms with Crippen LogP contribution in [0.4, 0.5) is 4.39 Å². The highest BCUT2D eigenvalue weighted by Crippen LogP contribution is 2.41. The van der Waals surface area contributed by atoms with E-state index in [1.54, 1.807) is 6.07 Å². The van der Waals surface area contributed by atoms with E-state index in [1.807, 2.05) is 12.1 Å². The van der Waals surface area contributed by atoms with E-state index in [0.29, 0.717) is 28.3 Å². The third kappa shape index (κ3) is 3.10. The van der Waals surface area contributed by atoms with Gasteiger partial charge < -0.3 is 4.74 Å². The number of ether oxygens (including phenoxy) is 1. The van der Waals surface area contributed by atoms with Crippen molar-refractivity contribution in [3.63, 3.8) is 0 Å². The van der Waals surface area contributed by atoms with Gasteiger partial charge in [0.05, 0.1) is 18.3 Å². The lowest BCUT2D eigenvalue weighted by Crippen LogP contribution is -1.99. The van der Waals surface area contributed by atoms with E-state index >= 15 is 0 Å². The number of nitrogens with one attached hydrogen (secondary N) is 1. The third-order valence-electron chi connectivity index (χ3n) is 5.62. The van der Waals surface area contributed by atoms with Crippen LogP contribution in [0.15, 0.2) is 36.7 Å². The number of methoxy groups -OCH3 is 1. The minimum absolute atomic E-state index is 0.168. The lowest BCUT2D eigenvalue weighted by molar-refractivity contribution is 0.387. The summed E-state index contributed by atoms with van der Waals surface area (Å²) in [4.78, 5) is 8.75. The molecule has 2 heterocycles. The summed E-state index contributed by atoms with van der Waals surface area (Å²) in [5, 5.41) is 15.2. The first-order valence-electron chi connectivity index (χ1n) is 9.61. The van der Waals surface area contributed by atoms with Crippen LogP contribution in [0.25, 0.3) is 33.5 Å². The van der Waals surface area contributed by atoms with Crippen molar-refractivity contribution in [3.8, 4) is 28.4 Å². The molecule has 1 fully saturated rings. The summed E-state index contributed by atoms with van der Waals surface area (Å²) in [5.41, 5.74) is 4.40. The summed E-state index contributed by atoms with van der Waals surface area (Å²) < 4.78 is 19.5. The smallest absolute Gasteiger partial charge is 0.204 e. The molecular formula is C21H19FN6O. The predicted molar refractivity (Wildman–Crippen MR) is 106 cm³/mol. The molecule has 4 aromatic rings. The highest BCUT2D eigenvalue weighted by atomic mass is 19.1. The second kappa shape index (κ2) is 7.20. The van der Waals surface area contributed by atoms with Crippen LogP contribution in [0, 0.1) is 5.82 Å². The molecule has 0 saturated heterocycles. The Balaban J connectivity index is 1.69. The minimum atomic E-state index is -0.435. The molecule has 1 aliphatic carbocycles. The van der Waals surface area contributed by atoms with Gasteiger partial charge in [0.15, 0.2) is 11.6 Å². The van der Waals surface area contributed by atoms with Gasteiger partial charge in [-0.25, -0.2) is 14.4 Å². The normalized spacial score (nSPS) is 14.6. The van der Waals surface area contributed by atoms with Crippen molar-refractivity contribution in [3.05, 3.63) is 48.0 Å². The molecule has 1 saturated carbocycles. The first-order valence-corrected chi connectivity index (χ1v) is 9.61. The molecule has 0 amide bonds. The molecule has 2 aromatic carbocycles. The Bertz CT molecular complexity index is 1170. The molecule has 2 aromatic heterocycles. The van der Waals surface area contributed by atoms with E-state index in [4.69, 9.17) is 4.74 Å². The maximum atomic E-state index is 14.4. The maximum Gasteiger partial charge on any atom is 0.204 e. The molecular weight excluding hydrogens is 371 g/mol. The van der Waals surface area contributed by atoms with Crippen LogP contribution in [0.3, 0.4) is 0 Å². The van der Waals surface area contributed by atoms with Crippen LogP contribution in [0.5, 0.6) is 5.75 Å². The summed E-state index contributed by atoms with van der Waals surface area (Å²) in [6.07, 6.45) is 6.18. The number of halogens is 1. The number of aromatic nitrogens is 6. The second-order valence-electron chi connectivity index (χ2n) is 7.24. The number of aromatic amines is 1. The van der Waals surface area contributed by atoms with E-state index in [-0.39, 0.29) is 5.75 Å². The average Bonchev–Trinajstić information content (AvgIpc) is 3.46. The summed E-state index contributed by atoms with van der Waals surface area (Å²) in [6, 6.07) is 9.13. The summed E-state index contributed by atoms with van der Waals surface area (Å²) in [5.74, 6) is 0.756. The Morgan fingerprint density at radius 1 is 1.10 bits per heavy atom. The van der Waals surface area contributed by atoms with E-state index in [0.717, 1.165) is 24.0 Å². The zero-order valence-electron chi connectivity index (χ0n) is 15.9. The second-order valence-corrected chi connectivity index (χ2v) is 7.24. The van der Waals surface area contributed by atoms with Crippen molar-refractivity contribution in [1.29, 1.82) is 0 Å². The van der Waals surface area contributed by atoms with Gasteiger partial charge in [-0.3, -0.25) is 0 Å². The highest BCUT2D eigenvalue weighted by Gasteiger charge is 2.23. The van der Waals surface area contributed by atoms with Gasteiger partial charge in [-0.1, -0.05) is 25.0 Å². The van der Waals surface area contributed by atoms with Crippen molar-refractivity contribution in [2.75, 3.05) is 7.11 Å². The topological polar surface area (TPSA) is 89.5 Å². The van der Waals surface area contributed by atoms with Gasteiger partial charge in [0.2, 0.25) is 5.82 Å². The van der Waals surface area contributed by atoms with Gasteiger partial charge in [0.25, 0.3) is 0 Å². The van der Waals surface area contributed by atoms with Crippen LogP contribution in [0.1, 0.15) is 37.2 Å². The molecule has 0 radical (unpaired) electrons. The quantitative estimate of drug-likeness (QED) is 0.559. The van der Waals surface area contributed by atoms with E-state index in [1.165, 1.54) is 37.9 Å². The monoisotopic (exact) mass is 390 g/mol. The highest BCUT2D eigenvalue weighted by molar-refractivity contribution is 5.93. The Hall–Kier alpha value is -3.42. The number of H-pyrrole nitrogens is 1. The zero-order chi connectivity index (χ0) is 19.8. The first-order chi connectivity index (χ1) is 14.2. The number of hydrogen-bond donors (Lipinski definition) is 1. The number of tetrazole rings is 1. The molecule has 0 aliphatic heterocycles. The van der Waals surface area contributed by atoms with Gasteiger partial charge in [-0.2, -0.15) is 5.21 Å². The lowest BCUT2D eigenvalue weighted by atomic mass is 9.90. The van der Waals surface area contributed by atoms with Gasteiger partial charge in [0.1, 0.15) is 6.33 Å². The molecule has 0 atom stereocenters. The molecule has 146 valence electrons. The number of benzene rings is 2. The zero-order valence-corrected chi connectivity index (χ0v) is 15.9. The molecule has 8 heteroatoms. The van der Waals surface area contributed by atoms with Crippen LogP contribution in [-0.2, 0) is 0 Å². The fraction of sp³-hybridized carbons (Fsp3) is 0.286. The Labute approximate surface area is 166 Å². The number of fused-ring (bicyclic) bond motifs is 1. The molecule has 0 unspecified atom stereocenters. The SMILES string of the molecule is COc1cc2ncnc(-c3ccc(-c4nn[nH]n4)c(C4CCCC4)c3)c2cc1F. The molecule has 1 aliphatic rings. The number of hydrogen-bond acceptors (Lipinski definition) is 6. The molecule has 29 heavy (non-hydrogen) atoms. The van der Waals surface area contributed by atoms with Crippen LogP contribution in [0.2, 0.25) is 0 Å².